The van der Waals surface area contributed by atoms with Gasteiger partial charge in [0, 0.05) is 6.20 Å². The first-order chi connectivity index (χ1) is 6.43. The smallest absolute Gasteiger partial charge is 0.137 e. The third-order valence-electron chi connectivity index (χ3n) is 1.71. The molecule has 2 nitrogen and oxygen atoms in total. The van der Waals surface area contributed by atoms with E-state index in [4.69, 9.17) is 4.74 Å². The molecule has 1 aromatic heterocycles. The molecule has 72 valence electrons. The highest BCUT2D eigenvalue weighted by atomic mass is 32.1. The van der Waals surface area contributed by atoms with Gasteiger partial charge < -0.3 is 4.74 Å². The van der Waals surface area contributed by atoms with E-state index in [1.54, 1.807) is 12.4 Å². The van der Waals surface area contributed by atoms with Crippen LogP contribution in [-0.2, 0) is 0 Å². The maximum atomic E-state index is 5.47. The van der Waals surface area contributed by atoms with Gasteiger partial charge in [0.25, 0.3) is 0 Å². The van der Waals surface area contributed by atoms with E-state index in [9.17, 15) is 0 Å². The molecule has 0 atom stereocenters. The van der Waals surface area contributed by atoms with Crippen LogP contribution in [0, 0.1) is 0 Å². The second-order valence-corrected chi connectivity index (χ2v) is 3.27. The number of nitrogens with zero attached hydrogens (tertiary/aromatic N) is 1. The molecule has 1 aromatic rings. The van der Waals surface area contributed by atoms with Crippen LogP contribution in [-0.4, -0.2) is 17.3 Å². The molecule has 0 aromatic carbocycles. The first-order valence-corrected chi connectivity index (χ1v) is 5.20. The van der Waals surface area contributed by atoms with Gasteiger partial charge in [0.2, 0.25) is 0 Å². The van der Waals surface area contributed by atoms with Crippen molar-refractivity contribution in [1.29, 1.82) is 0 Å². The second-order valence-electron chi connectivity index (χ2n) is 2.82. The molecule has 13 heavy (non-hydrogen) atoms. The van der Waals surface area contributed by atoms with Crippen molar-refractivity contribution < 1.29 is 4.74 Å². The van der Waals surface area contributed by atoms with Crippen molar-refractivity contribution in [1.82, 2.24) is 4.98 Å². The van der Waals surface area contributed by atoms with Gasteiger partial charge in [0.05, 0.1) is 12.8 Å². The Morgan fingerprint density at radius 3 is 2.92 bits per heavy atom. The fraction of sp³-hybridized carbons (Fsp3) is 0.500. The Kier molecular flexibility index (Phi) is 5.41. The molecule has 0 amide bonds. The van der Waals surface area contributed by atoms with Gasteiger partial charge in [-0.2, -0.15) is 12.6 Å². The lowest BCUT2D eigenvalue weighted by atomic mass is 10.3. The number of pyridine rings is 1. The summed E-state index contributed by atoms with van der Waals surface area (Å²) >= 11 is 4.14. The summed E-state index contributed by atoms with van der Waals surface area (Å²) in [6, 6.07) is 3.80. The van der Waals surface area contributed by atoms with E-state index in [0.717, 1.165) is 24.5 Å². The van der Waals surface area contributed by atoms with Gasteiger partial charge in [-0.3, -0.25) is 4.98 Å². The summed E-state index contributed by atoms with van der Waals surface area (Å²) in [4.78, 5) is 3.96. The number of hydrogen-bond acceptors (Lipinski definition) is 3. The van der Waals surface area contributed by atoms with Crippen LogP contribution in [0.25, 0.3) is 0 Å². The van der Waals surface area contributed by atoms with E-state index in [2.05, 4.69) is 17.6 Å². The average Bonchev–Trinajstić information content (AvgIpc) is 2.19. The first-order valence-electron chi connectivity index (χ1n) is 4.57. The van der Waals surface area contributed by atoms with Crippen molar-refractivity contribution >= 4 is 12.6 Å². The van der Waals surface area contributed by atoms with Crippen LogP contribution in [0.2, 0.25) is 0 Å². The van der Waals surface area contributed by atoms with Crippen LogP contribution in [0.15, 0.2) is 24.5 Å². The summed E-state index contributed by atoms with van der Waals surface area (Å²) in [5.74, 6) is 1.82. The Morgan fingerprint density at radius 2 is 2.23 bits per heavy atom. The van der Waals surface area contributed by atoms with Gasteiger partial charge in [-0.15, -0.1) is 0 Å². The summed E-state index contributed by atoms with van der Waals surface area (Å²) in [5.41, 5.74) is 0. The zero-order chi connectivity index (χ0) is 9.36. The molecule has 0 spiro atoms. The molecule has 3 heteroatoms. The summed E-state index contributed by atoms with van der Waals surface area (Å²) < 4.78 is 5.47. The van der Waals surface area contributed by atoms with E-state index in [-0.39, 0.29) is 0 Å². The lowest BCUT2D eigenvalue weighted by Crippen LogP contribution is -1.97. The fourth-order valence-corrected chi connectivity index (χ4v) is 1.24. The Bertz CT molecular complexity index is 215. The standard InChI is InChI=1S/C10H15NOS/c13-8-3-1-2-7-12-10-5-4-6-11-9-10/h4-6,9,13H,1-3,7-8H2. The van der Waals surface area contributed by atoms with E-state index >= 15 is 0 Å². The first kappa shape index (κ1) is 10.4. The van der Waals surface area contributed by atoms with Crippen LogP contribution < -0.4 is 4.74 Å². The summed E-state index contributed by atoms with van der Waals surface area (Å²) in [7, 11) is 0. The number of rotatable bonds is 6. The van der Waals surface area contributed by atoms with Crippen molar-refractivity contribution in [3.8, 4) is 5.75 Å². The monoisotopic (exact) mass is 197 g/mol. The van der Waals surface area contributed by atoms with Crippen LogP contribution >= 0.6 is 12.6 Å². The van der Waals surface area contributed by atoms with Crippen molar-refractivity contribution in [3.05, 3.63) is 24.5 Å². The van der Waals surface area contributed by atoms with E-state index in [1.165, 1.54) is 12.8 Å². The van der Waals surface area contributed by atoms with Crippen LogP contribution in [0.3, 0.4) is 0 Å². The van der Waals surface area contributed by atoms with Crippen molar-refractivity contribution in [3.63, 3.8) is 0 Å². The predicted octanol–water partition coefficient (Wildman–Crippen LogP) is 2.56. The normalized spacial score (nSPS) is 9.92. The number of unbranched alkanes of at least 4 members (excludes halogenated alkanes) is 2. The van der Waals surface area contributed by atoms with E-state index < -0.39 is 0 Å². The number of aromatic nitrogens is 1. The molecular formula is C10H15NOS. The molecule has 0 N–H and O–H groups in total. The SMILES string of the molecule is SCCCCCOc1cccnc1. The van der Waals surface area contributed by atoms with Gasteiger partial charge in [-0.1, -0.05) is 0 Å². The maximum Gasteiger partial charge on any atom is 0.137 e. The van der Waals surface area contributed by atoms with Gasteiger partial charge in [0.15, 0.2) is 0 Å². The Morgan fingerprint density at radius 1 is 1.31 bits per heavy atom. The molecule has 0 aliphatic heterocycles. The highest BCUT2D eigenvalue weighted by Gasteiger charge is 1.91. The molecule has 1 rings (SSSR count). The van der Waals surface area contributed by atoms with Crippen LogP contribution in [0.5, 0.6) is 5.75 Å². The number of ether oxygens (including phenoxy) is 1. The largest absolute Gasteiger partial charge is 0.492 e. The van der Waals surface area contributed by atoms with Crippen molar-refractivity contribution in [2.24, 2.45) is 0 Å². The molecule has 0 aliphatic carbocycles. The molecule has 0 saturated carbocycles. The predicted molar refractivity (Wildman–Crippen MR) is 57.4 cm³/mol. The van der Waals surface area contributed by atoms with Crippen molar-refractivity contribution in [2.45, 2.75) is 19.3 Å². The minimum Gasteiger partial charge on any atom is -0.492 e. The third-order valence-corrected chi connectivity index (χ3v) is 2.02. The quantitative estimate of drug-likeness (QED) is 0.559. The highest BCUT2D eigenvalue weighted by molar-refractivity contribution is 7.80. The lowest BCUT2D eigenvalue weighted by molar-refractivity contribution is 0.305. The van der Waals surface area contributed by atoms with Crippen molar-refractivity contribution in [2.75, 3.05) is 12.4 Å². The van der Waals surface area contributed by atoms with Crippen LogP contribution in [0.1, 0.15) is 19.3 Å². The van der Waals surface area contributed by atoms with E-state index in [1.807, 2.05) is 12.1 Å². The fourth-order valence-electron chi connectivity index (χ4n) is 1.01. The molecule has 0 saturated heterocycles. The van der Waals surface area contributed by atoms with Gasteiger partial charge in [0.1, 0.15) is 5.75 Å². The minimum absolute atomic E-state index is 0.777. The molecule has 0 unspecified atom stereocenters. The topological polar surface area (TPSA) is 22.1 Å². The minimum atomic E-state index is 0.777. The number of thiol groups is 1. The molecule has 1 heterocycles. The van der Waals surface area contributed by atoms with Gasteiger partial charge in [-0.05, 0) is 37.1 Å². The highest BCUT2D eigenvalue weighted by Crippen LogP contribution is 2.07. The van der Waals surface area contributed by atoms with Gasteiger partial charge in [-0.25, -0.2) is 0 Å². The van der Waals surface area contributed by atoms with Crippen LogP contribution in [0.4, 0.5) is 0 Å². The Labute approximate surface area is 84.7 Å². The summed E-state index contributed by atoms with van der Waals surface area (Å²) in [6.07, 6.45) is 6.92. The Balaban J connectivity index is 2.07. The zero-order valence-corrected chi connectivity index (χ0v) is 8.54. The summed E-state index contributed by atoms with van der Waals surface area (Å²) in [6.45, 7) is 0.777. The summed E-state index contributed by atoms with van der Waals surface area (Å²) in [5, 5.41) is 0. The number of hydrogen-bond donors (Lipinski definition) is 1. The molecular weight excluding hydrogens is 182 g/mol. The molecule has 0 radical (unpaired) electrons. The maximum absolute atomic E-state index is 5.47. The Hall–Kier alpha value is -0.700. The third kappa shape index (κ3) is 4.78. The molecule has 0 fully saturated rings. The van der Waals surface area contributed by atoms with E-state index in [0.29, 0.717) is 0 Å². The second kappa shape index (κ2) is 6.78. The van der Waals surface area contributed by atoms with Gasteiger partial charge >= 0.3 is 0 Å². The average molecular weight is 197 g/mol. The zero-order valence-electron chi connectivity index (χ0n) is 7.65. The molecule has 0 aliphatic rings. The lowest BCUT2D eigenvalue weighted by Gasteiger charge is -2.04. The molecule has 0 bridgehead atoms.